The Hall–Kier alpha value is -2.52. The molecule has 23 heavy (non-hydrogen) atoms. The summed E-state index contributed by atoms with van der Waals surface area (Å²) >= 11 is 0. The molecule has 0 saturated carbocycles. The van der Waals surface area contributed by atoms with Crippen LogP contribution in [0.15, 0.2) is 73.8 Å². The molecule has 0 aliphatic heterocycles. The second-order valence-corrected chi connectivity index (χ2v) is 5.65. The molecule has 0 aromatic heterocycles. The summed E-state index contributed by atoms with van der Waals surface area (Å²) in [6, 6.07) is 17.0. The van der Waals surface area contributed by atoms with Gasteiger partial charge in [-0.3, -0.25) is 0 Å². The van der Waals surface area contributed by atoms with Crippen LogP contribution in [0, 0.1) is 11.8 Å². The van der Waals surface area contributed by atoms with Crippen LogP contribution in [-0.2, 0) is 12.8 Å². The van der Waals surface area contributed by atoms with E-state index in [1.807, 2.05) is 12.2 Å². The Kier molecular flexibility index (Phi) is 6.95. The van der Waals surface area contributed by atoms with E-state index < -0.39 is 0 Å². The van der Waals surface area contributed by atoms with Crippen LogP contribution in [0.5, 0.6) is 0 Å². The van der Waals surface area contributed by atoms with E-state index in [2.05, 4.69) is 73.5 Å². The SMILES string of the molecule is C=CCCCc1ccc(C#Cc2ccc(CCC=C)cc2)cc1. The lowest BCUT2D eigenvalue weighted by Gasteiger charge is -2.00. The van der Waals surface area contributed by atoms with Crippen LogP contribution in [-0.4, -0.2) is 0 Å². The summed E-state index contributed by atoms with van der Waals surface area (Å²) in [7, 11) is 0. The molecule has 0 unspecified atom stereocenters. The van der Waals surface area contributed by atoms with E-state index in [0.717, 1.165) is 43.2 Å². The van der Waals surface area contributed by atoms with E-state index in [9.17, 15) is 0 Å². The zero-order valence-electron chi connectivity index (χ0n) is 13.7. The van der Waals surface area contributed by atoms with Crippen LogP contribution in [0.1, 0.15) is 41.5 Å². The number of unbranched alkanes of at least 4 members (excludes halogenated alkanes) is 1. The molecule has 0 spiro atoms. The minimum atomic E-state index is 1.02. The van der Waals surface area contributed by atoms with E-state index in [-0.39, 0.29) is 0 Å². The van der Waals surface area contributed by atoms with Gasteiger partial charge in [-0.05, 0) is 67.5 Å². The lowest BCUT2D eigenvalue weighted by molar-refractivity contribution is 0.844. The van der Waals surface area contributed by atoms with Gasteiger partial charge in [0.15, 0.2) is 0 Å². The molecule has 0 nitrogen and oxygen atoms in total. The van der Waals surface area contributed by atoms with E-state index in [0.29, 0.717) is 0 Å². The molecule has 0 aliphatic carbocycles. The van der Waals surface area contributed by atoms with Crippen LogP contribution in [0.25, 0.3) is 0 Å². The maximum Gasteiger partial charge on any atom is 0.0249 e. The van der Waals surface area contributed by atoms with Gasteiger partial charge in [0, 0.05) is 11.1 Å². The second-order valence-electron chi connectivity index (χ2n) is 5.65. The first kappa shape index (κ1) is 16.8. The second kappa shape index (κ2) is 9.49. The number of aryl methyl sites for hydroxylation is 2. The number of allylic oxidation sites excluding steroid dienone is 2. The van der Waals surface area contributed by atoms with Crippen LogP contribution < -0.4 is 0 Å². The van der Waals surface area contributed by atoms with Crippen molar-refractivity contribution in [2.45, 2.75) is 32.1 Å². The minimum absolute atomic E-state index is 1.02. The third-order valence-corrected chi connectivity index (χ3v) is 3.77. The quantitative estimate of drug-likeness (QED) is 0.349. The van der Waals surface area contributed by atoms with Crippen molar-refractivity contribution < 1.29 is 0 Å². The van der Waals surface area contributed by atoms with Crippen LogP contribution in [0.3, 0.4) is 0 Å². The summed E-state index contributed by atoms with van der Waals surface area (Å²) in [5.74, 6) is 6.47. The fraction of sp³-hybridized carbons (Fsp3) is 0.217. The molecule has 0 fully saturated rings. The van der Waals surface area contributed by atoms with Gasteiger partial charge < -0.3 is 0 Å². The molecule has 0 heterocycles. The number of hydrogen-bond acceptors (Lipinski definition) is 0. The Labute approximate surface area is 140 Å². The van der Waals surface area contributed by atoms with Crippen molar-refractivity contribution in [3.05, 3.63) is 96.1 Å². The molecular formula is C23H24. The third kappa shape index (κ3) is 6.01. The lowest BCUT2D eigenvalue weighted by atomic mass is 10.1. The maximum absolute atomic E-state index is 3.76. The minimum Gasteiger partial charge on any atom is -0.103 e. The van der Waals surface area contributed by atoms with E-state index in [1.54, 1.807) is 0 Å². The molecule has 2 aromatic rings. The van der Waals surface area contributed by atoms with E-state index in [1.165, 1.54) is 11.1 Å². The first-order chi connectivity index (χ1) is 11.3. The summed E-state index contributed by atoms with van der Waals surface area (Å²) in [6.07, 6.45) is 9.33. The molecule has 2 rings (SSSR count). The first-order valence-corrected chi connectivity index (χ1v) is 8.23. The zero-order chi connectivity index (χ0) is 16.3. The van der Waals surface area contributed by atoms with Gasteiger partial charge in [0.2, 0.25) is 0 Å². The van der Waals surface area contributed by atoms with Crippen LogP contribution in [0.4, 0.5) is 0 Å². The largest absolute Gasteiger partial charge is 0.103 e. The van der Waals surface area contributed by atoms with Gasteiger partial charge in [-0.25, -0.2) is 0 Å². The Morgan fingerprint density at radius 2 is 1.13 bits per heavy atom. The molecule has 0 aliphatic rings. The fourth-order valence-corrected chi connectivity index (χ4v) is 2.37. The third-order valence-electron chi connectivity index (χ3n) is 3.77. The van der Waals surface area contributed by atoms with Crippen molar-refractivity contribution in [1.29, 1.82) is 0 Å². The van der Waals surface area contributed by atoms with Crippen molar-refractivity contribution in [3.8, 4) is 11.8 Å². The molecule has 0 saturated heterocycles. The molecule has 0 bridgehead atoms. The molecule has 0 atom stereocenters. The standard InChI is InChI=1S/C23H24/c1-3-5-7-9-21-12-16-23(17-13-21)19-18-22-14-10-20(11-15-22)8-6-4-2/h3-4,10-17H,1-2,5-9H2. The van der Waals surface area contributed by atoms with Gasteiger partial charge >= 0.3 is 0 Å². The predicted octanol–water partition coefficient (Wildman–Crippen LogP) is 5.71. The highest BCUT2D eigenvalue weighted by Crippen LogP contribution is 2.09. The number of rotatable bonds is 7. The van der Waals surface area contributed by atoms with Gasteiger partial charge in [-0.15, -0.1) is 13.2 Å². The molecule has 0 N–H and O–H groups in total. The van der Waals surface area contributed by atoms with Crippen LogP contribution >= 0.6 is 0 Å². The Morgan fingerprint density at radius 3 is 1.61 bits per heavy atom. The Bertz CT molecular complexity index is 676. The topological polar surface area (TPSA) is 0 Å². The summed E-state index contributed by atoms with van der Waals surface area (Å²) in [4.78, 5) is 0. The predicted molar refractivity (Wildman–Crippen MR) is 101 cm³/mol. The highest BCUT2D eigenvalue weighted by atomic mass is 14.0. The van der Waals surface area contributed by atoms with Gasteiger partial charge in [-0.2, -0.15) is 0 Å². The normalized spacial score (nSPS) is 9.74. The van der Waals surface area contributed by atoms with Gasteiger partial charge in [0.1, 0.15) is 0 Å². The van der Waals surface area contributed by atoms with Gasteiger partial charge in [0.05, 0.1) is 0 Å². The van der Waals surface area contributed by atoms with Crippen molar-refractivity contribution in [2.75, 3.05) is 0 Å². The zero-order valence-corrected chi connectivity index (χ0v) is 13.7. The summed E-state index contributed by atoms with van der Waals surface area (Å²) in [5, 5.41) is 0. The molecule has 116 valence electrons. The maximum atomic E-state index is 3.76. The smallest absolute Gasteiger partial charge is 0.0249 e. The fourth-order valence-electron chi connectivity index (χ4n) is 2.37. The molecule has 2 aromatic carbocycles. The average molecular weight is 300 g/mol. The molecular weight excluding hydrogens is 276 g/mol. The van der Waals surface area contributed by atoms with E-state index in [4.69, 9.17) is 0 Å². The van der Waals surface area contributed by atoms with Crippen molar-refractivity contribution >= 4 is 0 Å². The summed E-state index contributed by atoms with van der Waals surface area (Å²) in [6.45, 7) is 7.51. The van der Waals surface area contributed by atoms with Crippen molar-refractivity contribution in [1.82, 2.24) is 0 Å². The molecule has 0 heteroatoms. The lowest BCUT2D eigenvalue weighted by Crippen LogP contribution is -1.85. The highest BCUT2D eigenvalue weighted by Gasteiger charge is 1.94. The first-order valence-electron chi connectivity index (χ1n) is 8.23. The van der Waals surface area contributed by atoms with Crippen molar-refractivity contribution in [2.24, 2.45) is 0 Å². The average Bonchev–Trinajstić information content (AvgIpc) is 2.60. The molecule has 0 radical (unpaired) electrons. The Balaban J connectivity index is 1.95. The Morgan fingerprint density at radius 1 is 0.652 bits per heavy atom. The summed E-state index contributed by atoms with van der Waals surface area (Å²) in [5.41, 5.74) is 4.82. The van der Waals surface area contributed by atoms with Gasteiger partial charge in [-0.1, -0.05) is 48.3 Å². The summed E-state index contributed by atoms with van der Waals surface area (Å²) < 4.78 is 0. The van der Waals surface area contributed by atoms with Gasteiger partial charge in [0.25, 0.3) is 0 Å². The van der Waals surface area contributed by atoms with E-state index >= 15 is 0 Å². The number of benzene rings is 2. The monoisotopic (exact) mass is 300 g/mol. The number of hydrogen-bond donors (Lipinski definition) is 0. The highest BCUT2D eigenvalue weighted by molar-refractivity contribution is 5.44. The van der Waals surface area contributed by atoms with Crippen molar-refractivity contribution in [3.63, 3.8) is 0 Å². The van der Waals surface area contributed by atoms with Crippen LogP contribution in [0.2, 0.25) is 0 Å². The molecule has 0 amide bonds.